The number of nitrogens with zero attached hydrogens (tertiary/aromatic N) is 1. The van der Waals surface area contributed by atoms with Gasteiger partial charge in [-0.3, -0.25) is 4.79 Å². The first-order chi connectivity index (χ1) is 10.9. The fourth-order valence-electron chi connectivity index (χ4n) is 4.59. The highest BCUT2D eigenvalue weighted by molar-refractivity contribution is 6.30. The molecule has 1 aromatic rings. The lowest BCUT2D eigenvalue weighted by Crippen LogP contribution is -2.55. The minimum atomic E-state index is 0.0330. The van der Waals surface area contributed by atoms with Crippen LogP contribution in [0.1, 0.15) is 20.3 Å². The Labute approximate surface area is 142 Å². The maximum absolute atomic E-state index is 12.5. The molecule has 1 amide bonds. The average molecular weight is 338 g/mol. The lowest BCUT2D eigenvalue weighted by Gasteiger charge is -2.56. The minimum absolute atomic E-state index is 0.0330. The maximum Gasteiger partial charge on any atom is 0.260 e. The Kier molecular flexibility index (Phi) is 4.32. The third kappa shape index (κ3) is 3.07. The summed E-state index contributed by atoms with van der Waals surface area (Å²) in [6.07, 6.45) is 1.11. The highest BCUT2D eigenvalue weighted by atomic mass is 35.5. The van der Waals surface area contributed by atoms with Crippen molar-refractivity contribution in [3.05, 3.63) is 29.3 Å². The van der Waals surface area contributed by atoms with Gasteiger partial charge in [-0.1, -0.05) is 31.5 Å². The van der Waals surface area contributed by atoms with Gasteiger partial charge < -0.3 is 14.4 Å². The number of carbonyl (C=O) groups excluding carboxylic acids is 1. The lowest BCUT2D eigenvalue weighted by molar-refractivity contribution is -0.133. The molecular weight excluding hydrogens is 314 g/mol. The van der Waals surface area contributed by atoms with Gasteiger partial charge in [-0.05, 0) is 36.0 Å². The normalized spacial score (nSPS) is 28.2. The standard InChI is InChI=1S/C18H24ClNO3/c1-17(2)10-18(12-22-3)11-20(8-15(17)18)16(21)9-23-14-6-4-5-13(19)7-14/h4-7,15H,8-12H2,1-3H3/t15-,18-/m1/s1. The number of carbonyl (C=O) groups is 1. The Hall–Kier alpha value is -1.26. The minimum Gasteiger partial charge on any atom is -0.484 e. The molecule has 3 rings (SSSR count). The molecule has 2 aliphatic rings. The van der Waals surface area contributed by atoms with Crippen molar-refractivity contribution in [2.24, 2.45) is 16.7 Å². The molecule has 4 nitrogen and oxygen atoms in total. The zero-order valence-electron chi connectivity index (χ0n) is 14.0. The Morgan fingerprint density at radius 3 is 2.87 bits per heavy atom. The largest absolute Gasteiger partial charge is 0.484 e. The zero-order valence-corrected chi connectivity index (χ0v) is 14.7. The van der Waals surface area contributed by atoms with E-state index in [1.165, 1.54) is 0 Å². The SMILES string of the molecule is COC[C@@]12CN(C(=O)COc3cccc(Cl)c3)C[C@@H]1C(C)(C)C2. The monoisotopic (exact) mass is 337 g/mol. The van der Waals surface area contributed by atoms with E-state index in [0.29, 0.717) is 16.7 Å². The molecule has 1 saturated carbocycles. The van der Waals surface area contributed by atoms with Crippen molar-refractivity contribution in [3.8, 4) is 5.75 Å². The first-order valence-electron chi connectivity index (χ1n) is 8.01. The quantitative estimate of drug-likeness (QED) is 0.828. The molecule has 1 aromatic carbocycles. The number of fused-ring (bicyclic) bond motifs is 1. The van der Waals surface area contributed by atoms with Gasteiger partial charge in [0.05, 0.1) is 6.61 Å². The molecule has 2 atom stereocenters. The molecule has 5 heteroatoms. The number of rotatable bonds is 5. The van der Waals surface area contributed by atoms with Crippen LogP contribution in [0.25, 0.3) is 0 Å². The molecule has 1 aliphatic carbocycles. The first-order valence-corrected chi connectivity index (χ1v) is 8.39. The van der Waals surface area contributed by atoms with Crippen LogP contribution < -0.4 is 4.74 Å². The van der Waals surface area contributed by atoms with Gasteiger partial charge in [-0.2, -0.15) is 0 Å². The Bertz CT molecular complexity index is 604. The van der Waals surface area contributed by atoms with Gasteiger partial charge in [0.25, 0.3) is 5.91 Å². The molecule has 0 spiro atoms. The lowest BCUT2D eigenvalue weighted by atomic mass is 9.48. The number of likely N-dealkylation sites (tertiary alicyclic amines) is 1. The van der Waals surface area contributed by atoms with E-state index in [1.807, 2.05) is 17.0 Å². The van der Waals surface area contributed by atoms with E-state index in [1.54, 1.807) is 19.2 Å². The summed E-state index contributed by atoms with van der Waals surface area (Å²) < 4.78 is 11.0. The highest BCUT2D eigenvalue weighted by Gasteiger charge is 2.63. The van der Waals surface area contributed by atoms with Crippen LogP contribution in [-0.2, 0) is 9.53 Å². The molecule has 0 unspecified atom stereocenters. The summed E-state index contributed by atoms with van der Waals surface area (Å²) in [5.41, 5.74) is 0.408. The second-order valence-electron chi connectivity index (χ2n) is 7.53. The van der Waals surface area contributed by atoms with Crippen LogP contribution in [0.2, 0.25) is 5.02 Å². The van der Waals surface area contributed by atoms with Crippen molar-refractivity contribution in [2.45, 2.75) is 20.3 Å². The van der Waals surface area contributed by atoms with Crippen LogP contribution >= 0.6 is 11.6 Å². The predicted molar refractivity (Wildman–Crippen MR) is 89.7 cm³/mol. The first kappa shape index (κ1) is 16.6. The van der Waals surface area contributed by atoms with Crippen LogP contribution in [0.5, 0.6) is 5.75 Å². The topological polar surface area (TPSA) is 38.8 Å². The van der Waals surface area contributed by atoms with Crippen LogP contribution in [-0.4, -0.2) is 44.2 Å². The summed E-state index contributed by atoms with van der Waals surface area (Å²) in [5, 5.41) is 0.606. The molecule has 0 N–H and O–H groups in total. The third-order valence-corrected chi connectivity index (χ3v) is 5.58. The summed E-state index contributed by atoms with van der Waals surface area (Å²) in [6.45, 7) is 6.90. The average Bonchev–Trinajstić information content (AvgIpc) is 2.80. The van der Waals surface area contributed by atoms with E-state index in [2.05, 4.69) is 13.8 Å². The van der Waals surface area contributed by atoms with Crippen LogP contribution in [0.15, 0.2) is 24.3 Å². The molecule has 1 aliphatic heterocycles. The molecule has 1 saturated heterocycles. The van der Waals surface area contributed by atoms with Gasteiger partial charge in [0.1, 0.15) is 5.75 Å². The van der Waals surface area contributed by atoms with Crippen molar-refractivity contribution >= 4 is 17.5 Å². The fourth-order valence-corrected chi connectivity index (χ4v) is 4.77. The summed E-state index contributed by atoms with van der Waals surface area (Å²) in [4.78, 5) is 14.4. The molecule has 23 heavy (non-hydrogen) atoms. The Morgan fingerprint density at radius 2 is 2.22 bits per heavy atom. The number of hydrogen-bond donors (Lipinski definition) is 0. The van der Waals surface area contributed by atoms with Crippen LogP contribution in [0.4, 0.5) is 0 Å². The molecule has 126 valence electrons. The van der Waals surface area contributed by atoms with Crippen LogP contribution in [0.3, 0.4) is 0 Å². The van der Waals surface area contributed by atoms with E-state index in [-0.39, 0.29) is 23.3 Å². The van der Waals surface area contributed by atoms with Gasteiger partial charge in [0.15, 0.2) is 6.61 Å². The molecule has 0 aromatic heterocycles. The third-order valence-electron chi connectivity index (χ3n) is 5.34. The molecule has 0 radical (unpaired) electrons. The smallest absolute Gasteiger partial charge is 0.260 e. The number of benzene rings is 1. The molecule has 1 heterocycles. The molecule has 0 bridgehead atoms. The number of ether oxygens (including phenoxy) is 2. The maximum atomic E-state index is 12.5. The molecule has 2 fully saturated rings. The predicted octanol–water partition coefficient (Wildman–Crippen LogP) is 3.24. The summed E-state index contributed by atoms with van der Waals surface area (Å²) in [5.74, 6) is 1.16. The fraction of sp³-hybridized carbons (Fsp3) is 0.611. The van der Waals surface area contributed by atoms with Crippen molar-refractivity contribution in [2.75, 3.05) is 33.4 Å². The number of amides is 1. The van der Waals surface area contributed by atoms with Crippen molar-refractivity contribution < 1.29 is 14.3 Å². The van der Waals surface area contributed by atoms with Gasteiger partial charge >= 0.3 is 0 Å². The Balaban J connectivity index is 1.61. The number of hydrogen-bond acceptors (Lipinski definition) is 3. The van der Waals surface area contributed by atoms with E-state index < -0.39 is 0 Å². The number of methoxy groups -OCH3 is 1. The second kappa shape index (κ2) is 5.99. The van der Waals surface area contributed by atoms with Crippen molar-refractivity contribution in [1.82, 2.24) is 4.90 Å². The summed E-state index contributed by atoms with van der Waals surface area (Å²) in [6, 6.07) is 7.12. The van der Waals surface area contributed by atoms with Gasteiger partial charge in [0, 0.05) is 30.6 Å². The molecular formula is C18H24ClNO3. The van der Waals surface area contributed by atoms with Gasteiger partial charge in [0.2, 0.25) is 0 Å². The van der Waals surface area contributed by atoms with E-state index in [4.69, 9.17) is 21.1 Å². The van der Waals surface area contributed by atoms with E-state index in [9.17, 15) is 4.79 Å². The number of halogens is 1. The Morgan fingerprint density at radius 1 is 1.43 bits per heavy atom. The van der Waals surface area contributed by atoms with Crippen molar-refractivity contribution in [1.29, 1.82) is 0 Å². The summed E-state index contributed by atoms with van der Waals surface area (Å²) in [7, 11) is 1.74. The van der Waals surface area contributed by atoms with E-state index >= 15 is 0 Å². The van der Waals surface area contributed by atoms with Gasteiger partial charge in [-0.15, -0.1) is 0 Å². The second-order valence-corrected chi connectivity index (χ2v) is 7.97. The summed E-state index contributed by atoms with van der Waals surface area (Å²) >= 11 is 5.93. The van der Waals surface area contributed by atoms with Gasteiger partial charge in [-0.25, -0.2) is 0 Å². The zero-order chi connectivity index (χ0) is 16.7. The van der Waals surface area contributed by atoms with Crippen molar-refractivity contribution in [3.63, 3.8) is 0 Å². The highest BCUT2D eigenvalue weighted by Crippen LogP contribution is 2.62. The van der Waals surface area contributed by atoms with Crippen LogP contribution in [0, 0.1) is 16.7 Å². The van der Waals surface area contributed by atoms with E-state index in [0.717, 1.165) is 26.1 Å².